The third-order valence-corrected chi connectivity index (χ3v) is 4.42. The van der Waals surface area contributed by atoms with Gasteiger partial charge < -0.3 is 0 Å². The van der Waals surface area contributed by atoms with E-state index in [1.165, 1.54) is 4.68 Å². The summed E-state index contributed by atoms with van der Waals surface area (Å²) in [6.45, 7) is 0. The molecule has 0 unspecified atom stereocenters. The van der Waals surface area contributed by atoms with E-state index >= 15 is 0 Å². The van der Waals surface area contributed by atoms with Crippen LogP contribution < -0.4 is 5.56 Å². The van der Waals surface area contributed by atoms with Gasteiger partial charge in [-0.1, -0.05) is 60.1 Å². The number of nitrogens with zero attached hydrogens (tertiary/aromatic N) is 2. The Hall–Kier alpha value is -2.91. The van der Waals surface area contributed by atoms with Gasteiger partial charge in [0.25, 0.3) is 5.56 Å². The van der Waals surface area contributed by atoms with Crippen LogP contribution in [0.2, 0.25) is 5.02 Å². The van der Waals surface area contributed by atoms with Crippen LogP contribution in [0.15, 0.2) is 83.7 Å². The largest absolute Gasteiger partial charge is 0.279 e. The molecule has 0 saturated heterocycles. The zero-order valence-electron chi connectivity index (χ0n) is 13.4. The van der Waals surface area contributed by atoms with Crippen molar-refractivity contribution in [1.29, 1.82) is 0 Å². The van der Waals surface area contributed by atoms with Crippen molar-refractivity contribution in [1.82, 2.24) is 9.78 Å². The second-order valence-electron chi connectivity index (χ2n) is 5.85. The minimum atomic E-state index is -0.110. The number of benzene rings is 3. The first kappa shape index (κ1) is 15.6. The van der Waals surface area contributed by atoms with Crippen molar-refractivity contribution in [3.8, 4) is 5.69 Å². The Bertz CT molecular complexity index is 1090. The van der Waals surface area contributed by atoms with Crippen LogP contribution in [-0.2, 0) is 6.42 Å². The molecule has 0 aliphatic heterocycles. The number of fused-ring (bicyclic) bond motifs is 1. The second kappa shape index (κ2) is 6.54. The summed E-state index contributed by atoms with van der Waals surface area (Å²) in [7, 11) is 0. The molecule has 0 aliphatic carbocycles. The summed E-state index contributed by atoms with van der Waals surface area (Å²) in [5.74, 6) is 0. The molecule has 0 atom stereocenters. The van der Waals surface area contributed by atoms with E-state index in [9.17, 15) is 4.79 Å². The fourth-order valence-corrected chi connectivity index (χ4v) is 3.05. The highest BCUT2D eigenvalue weighted by Gasteiger charge is 2.12. The molecule has 122 valence electrons. The lowest BCUT2D eigenvalue weighted by molar-refractivity contribution is 0.787. The molecule has 0 fully saturated rings. The molecule has 0 saturated carbocycles. The van der Waals surface area contributed by atoms with Gasteiger partial charge in [0.1, 0.15) is 0 Å². The molecule has 0 radical (unpaired) electrons. The van der Waals surface area contributed by atoms with Crippen molar-refractivity contribution < 1.29 is 0 Å². The molecule has 0 spiro atoms. The smallest absolute Gasteiger partial charge is 0.267 e. The highest BCUT2D eigenvalue weighted by Crippen LogP contribution is 2.19. The zero-order chi connectivity index (χ0) is 17.2. The Labute approximate surface area is 150 Å². The van der Waals surface area contributed by atoms with E-state index in [2.05, 4.69) is 5.10 Å². The van der Waals surface area contributed by atoms with E-state index in [-0.39, 0.29) is 5.56 Å². The number of hydrogen-bond acceptors (Lipinski definition) is 2. The normalized spacial score (nSPS) is 10.9. The van der Waals surface area contributed by atoms with Crippen molar-refractivity contribution >= 4 is 22.4 Å². The highest BCUT2D eigenvalue weighted by molar-refractivity contribution is 6.30. The van der Waals surface area contributed by atoms with Gasteiger partial charge in [0.05, 0.1) is 16.8 Å². The third-order valence-electron chi connectivity index (χ3n) is 4.17. The van der Waals surface area contributed by atoms with Crippen LogP contribution in [0.3, 0.4) is 0 Å². The molecule has 1 aromatic heterocycles. The Morgan fingerprint density at radius 1 is 0.800 bits per heavy atom. The topological polar surface area (TPSA) is 34.9 Å². The SMILES string of the molecule is O=c1c2ccccc2c(Cc2ccc(Cl)cc2)nn1-c1ccccc1. The molecule has 0 N–H and O–H groups in total. The van der Waals surface area contributed by atoms with Crippen molar-refractivity contribution in [3.63, 3.8) is 0 Å². The molecule has 1 heterocycles. The molecule has 0 aliphatic rings. The van der Waals surface area contributed by atoms with Gasteiger partial charge in [0, 0.05) is 16.8 Å². The van der Waals surface area contributed by atoms with Gasteiger partial charge in [-0.3, -0.25) is 4.79 Å². The summed E-state index contributed by atoms with van der Waals surface area (Å²) >= 11 is 5.97. The monoisotopic (exact) mass is 346 g/mol. The van der Waals surface area contributed by atoms with Gasteiger partial charge in [-0.05, 0) is 35.9 Å². The summed E-state index contributed by atoms with van der Waals surface area (Å²) in [5, 5.41) is 6.92. The van der Waals surface area contributed by atoms with Crippen LogP contribution in [0.4, 0.5) is 0 Å². The van der Waals surface area contributed by atoms with Gasteiger partial charge >= 0.3 is 0 Å². The molecule has 3 nitrogen and oxygen atoms in total. The fourth-order valence-electron chi connectivity index (χ4n) is 2.93. The van der Waals surface area contributed by atoms with Crippen LogP contribution in [0.5, 0.6) is 0 Å². The molecular formula is C21H15ClN2O. The molecule has 0 bridgehead atoms. The van der Waals surface area contributed by atoms with E-state index in [0.717, 1.165) is 22.3 Å². The van der Waals surface area contributed by atoms with Gasteiger partial charge in [-0.15, -0.1) is 0 Å². The van der Waals surface area contributed by atoms with E-state index in [1.807, 2.05) is 78.9 Å². The van der Waals surface area contributed by atoms with Gasteiger partial charge in [0.2, 0.25) is 0 Å². The highest BCUT2D eigenvalue weighted by atomic mass is 35.5. The quantitative estimate of drug-likeness (QED) is 0.542. The van der Waals surface area contributed by atoms with Crippen LogP contribution in [0, 0.1) is 0 Å². The van der Waals surface area contributed by atoms with Crippen molar-refractivity contribution in [2.45, 2.75) is 6.42 Å². The summed E-state index contributed by atoms with van der Waals surface area (Å²) in [4.78, 5) is 12.9. The second-order valence-corrected chi connectivity index (χ2v) is 6.28. The maximum absolute atomic E-state index is 12.9. The molecule has 4 rings (SSSR count). The van der Waals surface area contributed by atoms with Gasteiger partial charge in [0.15, 0.2) is 0 Å². The Balaban J connectivity index is 1.92. The molecule has 0 amide bonds. The first-order chi connectivity index (χ1) is 12.2. The third kappa shape index (κ3) is 3.06. The van der Waals surface area contributed by atoms with Crippen LogP contribution in [-0.4, -0.2) is 9.78 Å². The molecular weight excluding hydrogens is 332 g/mol. The predicted molar refractivity (Wildman–Crippen MR) is 102 cm³/mol. The first-order valence-corrected chi connectivity index (χ1v) is 8.41. The fraction of sp³-hybridized carbons (Fsp3) is 0.0476. The lowest BCUT2D eigenvalue weighted by Gasteiger charge is -2.11. The summed E-state index contributed by atoms with van der Waals surface area (Å²) in [6.07, 6.45) is 0.630. The number of hydrogen-bond donors (Lipinski definition) is 0. The molecule has 4 heteroatoms. The summed E-state index contributed by atoms with van der Waals surface area (Å²) < 4.78 is 1.48. The van der Waals surface area contributed by atoms with E-state index < -0.39 is 0 Å². The summed E-state index contributed by atoms with van der Waals surface area (Å²) in [6, 6.07) is 24.8. The van der Waals surface area contributed by atoms with Crippen LogP contribution >= 0.6 is 11.6 Å². The maximum Gasteiger partial charge on any atom is 0.279 e. The van der Waals surface area contributed by atoms with Crippen LogP contribution in [0.1, 0.15) is 11.3 Å². The standard InChI is InChI=1S/C21H15ClN2O/c22-16-12-10-15(11-13-16)14-20-18-8-4-5-9-19(18)21(25)24(23-20)17-6-2-1-3-7-17/h1-13H,14H2. The first-order valence-electron chi connectivity index (χ1n) is 8.03. The predicted octanol–water partition coefficient (Wildman–Crippen LogP) is 4.63. The van der Waals surface area contributed by atoms with E-state index in [4.69, 9.17) is 11.6 Å². The lowest BCUT2D eigenvalue weighted by Crippen LogP contribution is -2.23. The van der Waals surface area contributed by atoms with Gasteiger partial charge in [-0.25, -0.2) is 0 Å². The average Bonchev–Trinajstić information content (AvgIpc) is 2.66. The van der Waals surface area contributed by atoms with E-state index in [0.29, 0.717) is 16.8 Å². The number of halogens is 1. The summed E-state index contributed by atoms with van der Waals surface area (Å²) in [5.41, 5.74) is 2.61. The number of rotatable bonds is 3. The maximum atomic E-state index is 12.9. The Morgan fingerprint density at radius 2 is 1.44 bits per heavy atom. The Morgan fingerprint density at radius 3 is 2.16 bits per heavy atom. The number of para-hydroxylation sites is 1. The van der Waals surface area contributed by atoms with Crippen molar-refractivity contribution in [2.75, 3.05) is 0 Å². The van der Waals surface area contributed by atoms with Crippen molar-refractivity contribution in [3.05, 3.63) is 105 Å². The Kier molecular flexibility index (Phi) is 4.08. The zero-order valence-corrected chi connectivity index (χ0v) is 14.1. The molecule has 4 aromatic rings. The lowest BCUT2D eigenvalue weighted by atomic mass is 10.0. The minimum Gasteiger partial charge on any atom is -0.267 e. The average molecular weight is 347 g/mol. The molecule has 25 heavy (non-hydrogen) atoms. The van der Waals surface area contributed by atoms with E-state index in [1.54, 1.807) is 0 Å². The van der Waals surface area contributed by atoms with Gasteiger partial charge in [-0.2, -0.15) is 9.78 Å². The van der Waals surface area contributed by atoms with Crippen molar-refractivity contribution in [2.24, 2.45) is 0 Å². The minimum absolute atomic E-state index is 0.110. The van der Waals surface area contributed by atoms with Crippen LogP contribution in [0.25, 0.3) is 16.5 Å². The number of aromatic nitrogens is 2. The molecule has 3 aromatic carbocycles.